The van der Waals surface area contributed by atoms with Crippen LogP contribution in [0.1, 0.15) is 22.5 Å². The number of hydrogen-bond acceptors (Lipinski definition) is 5. The van der Waals surface area contributed by atoms with Crippen LogP contribution in [0.3, 0.4) is 0 Å². The summed E-state index contributed by atoms with van der Waals surface area (Å²) in [5, 5.41) is 13.9. The Morgan fingerprint density at radius 2 is 2.00 bits per heavy atom. The van der Waals surface area contributed by atoms with Gasteiger partial charge in [0.15, 0.2) is 5.76 Å². The van der Waals surface area contributed by atoms with Crippen molar-refractivity contribution in [3.05, 3.63) is 54.0 Å². The number of benzene rings is 1. The highest BCUT2D eigenvalue weighted by atomic mass is 19.4. The Balaban J connectivity index is 2.01. The molecule has 0 aliphatic carbocycles. The summed E-state index contributed by atoms with van der Waals surface area (Å²) in [5.74, 6) is -1.03. The van der Waals surface area contributed by atoms with Crippen molar-refractivity contribution in [2.75, 3.05) is 7.11 Å². The highest BCUT2D eigenvalue weighted by Gasteiger charge is 2.63. The van der Waals surface area contributed by atoms with E-state index in [1.807, 2.05) is 0 Å². The second-order valence-electron chi connectivity index (χ2n) is 5.36. The number of ether oxygens (including phenoxy) is 1. The van der Waals surface area contributed by atoms with Crippen molar-refractivity contribution in [3.8, 4) is 5.75 Å². The molecule has 25 heavy (non-hydrogen) atoms. The molecule has 0 fully saturated rings. The van der Waals surface area contributed by atoms with E-state index < -0.39 is 24.2 Å². The molecule has 1 amide bonds. The van der Waals surface area contributed by atoms with Crippen LogP contribution in [0.15, 0.2) is 52.2 Å². The Morgan fingerprint density at radius 1 is 1.32 bits per heavy atom. The van der Waals surface area contributed by atoms with Crippen molar-refractivity contribution in [3.63, 3.8) is 0 Å². The molecular formula is C16H13F3N2O4. The van der Waals surface area contributed by atoms with Crippen molar-refractivity contribution in [2.24, 2.45) is 5.10 Å². The highest BCUT2D eigenvalue weighted by Crippen LogP contribution is 2.42. The number of hydrazone groups is 1. The van der Waals surface area contributed by atoms with Crippen LogP contribution in [0.5, 0.6) is 5.75 Å². The largest absolute Gasteiger partial charge is 0.497 e. The van der Waals surface area contributed by atoms with E-state index in [9.17, 15) is 23.1 Å². The summed E-state index contributed by atoms with van der Waals surface area (Å²) in [6.07, 6.45) is -4.85. The minimum absolute atomic E-state index is 0.0192. The van der Waals surface area contributed by atoms with E-state index in [1.165, 1.54) is 31.4 Å². The van der Waals surface area contributed by atoms with Gasteiger partial charge in [0.25, 0.3) is 5.72 Å². The minimum atomic E-state index is -5.10. The molecule has 2 aromatic rings. The maximum atomic E-state index is 13.4. The molecule has 1 aliphatic rings. The third kappa shape index (κ3) is 2.86. The van der Waals surface area contributed by atoms with E-state index in [0.717, 1.165) is 6.26 Å². The first-order chi connectivity index (χ1) is 11.8. The Bertz CT molecular complexity index is 800. The predicted octanol–water partition coefficient (Wildman–Crippen LogP) is 2.79. The Morgan fingerprint density at radius 3 is 2.52 bits per heavy atom. The number of aliphatic hydroxyl groups is 1. The fraction of sp³-hybridized carbons (Fsp3) is 0.250. The third-order valence-electron chi connectivity index (χ3n) is 3.79. The summed E-state index contributed by atoms with van der Waals surface area (Å²) < 4.78 is 50.1. The van der Waals surface area contributed by atoms with Crippen molar-refractivity contribution in [1.82, 2.24) is 5.01 Å². The number of carbonyl (C=O) groups is 1. The number of nitrogens with zero attached hydrogens (tertiary/aromatic N) is 2. The van der Waals surface area contributed by atoms with E-state index in [1.54, 1.807) is 12.1 Å². The lowest BCUT2D eigenvalue weighted by Gasteiger charge is -2.31. The van der Waals surface area contributed by atoms with E-state index >= 15 is 0 Å². The molecule has 1 N–H and O–H groups in total. The number of methoxy groups -OCH3 is 1. The average Bonchev–Trinajstić information content (AvgIpc) is 3.22. The van der Waals surface area contributed by atoms with Crippen molar-refractivity contribution >= 4 is 11.6 Å². The van der Waals surface area contributed by atoms with Crippen LogP contribution < -0.4 is 4.74 Å². The van der Waals surface area contributed by atoms with Gasteiger partial charge in [-0.25, -0.2) is 0 Å². The predicted molar refractivity (Wildman–Crippen MR) is 80.0 cm³/mol. The lowest BCUT2D eigenvalue weighted by Crippen LogP contribution is -2.56. The molecule has 2 heterocycles. The van der Waals surface area contributed by atoms with Crippen LogP contribution in [0.2, 0.25) is 0 Å². The maximum Gasteiger partial charge on any atom is 0.438 e. The molecule has 1 aliphatic heterocycles. The van der Waals surface area contributed by atoms with Crippen LogP contribution in [-0.4, -0.2) is 40.7 Å². The van der Waals surface area contributed by atoms with Crippen molar-refractivity contribution in [2.45, 2.75) is 18.3 Å². The van der Waals surface area contributed by atoms with Gasteiger partial charge in [-0.15, -0.1) is 0 Å². The molecule has 0 saturated carbocycles. The number of furan rings is 1. The molecule has 0 unspecified atom stereocenters. The van der Waals surface area contributed by atoms with Crippen LogP contribution in [0.4, 0.5) is 13.2 Å². The summed E-state index contributed by atoms with van der Waals surface area (Å²) in [5.41, 5.74) is -3.20. The fourth-order valence-electron chi connectivity index (χ4n) is 2.43. The quantitative estimate of drug-likeness (QED) is 0.920. The summed E-state index contributed by atoms with van der Waals surface area (Å²) in [6, 6.07) is 8.62. The molecule has 1 aromatic heterocycles. The van der Waals surface area contributed by atoms with Gasteiger partial charge in [-0.3, -0.25) is 4.79 Å². The Kier molecular flexibility index (Phi) is 4.03. The van der Waals surface area contributed by atoms with Gasteiger partial charge >= 0.3 is 12.1 Å². The van der Waals surface area contributed by atoms with Gasteiger partial charge in [0, 0.05) is 0 Å². The fourth-order valence-corrected chi connectivity index (χ4v) is 2.43. The van der Waals surface area contributed by atoms with Crippen LogP contribution in [0, 0.1) is 0 Å². The Labute approximate surface area is 140 Å². The van der Waals surface area contributed by atoms with Crippen LogP contribution in [-0.2, 0) is 0 Å². The van der Waals surface area contributed by atoms with Crippen LogP contribution >= 0.6 is 0 Å². The second kappa shape index (κ2) is 5.92. The smallest absolute Gasteiger partial charge is 0.438 e. The summed E-state index contributed by atoms with van der Waals surface area (Å²) in [6.45, 7) is 0. The van der Waals surface area contributed by atoms with E-state index in [-0.39, 0.29) is 16.5 Å². The standard InChI is InChI=1S/C16H13F3N2O4/c1-24-11-6-4-10(5-7-11)12-9-15(23,16(17,18)19)21(20-12)14(22)13-3-2-8-25-13/h2-8,23H,9H2,1H3/t15-/m1/s1. The number of amides is 1. The summed E-state index contributed by atoms with van der Waals surface area (Å²) in [7, 11) is 1.45. The first-order valence-corrected chi connectivity index (χ1v) is 7.15. The molecular weight excluding hydrogens is 341 g/mol. The molecule has 1 aromatic carbocycles. The number of alkyl halides is 3. The zero-order valence-electron chi connectivity index (χ0n) is 12.9. The number of carbonyl (C=O) groups excluding carboxylic acids is 1. The van der Waals surface area contributed by atoms with Crippen molar-refractivity contribution < 1.29 is 32.2 Å². The van der Waals surface area contributed by atoms with E-state index in [4.69, 9.17) is 9.15 Å². The molecule has 6 nitrogen and oxygen atoms in total. The zero-order chi connectivity index (χ0) is 18.2. The minimum Gasteiger partial charge on any atom is -0.497 e. The molecule has 3 rings (SSSR count). The molecule has 1 atom stereocenters. The monoisotopic (exact) mass is 354 g/mol. The number of hydrogen-bond donors (Lipinski definition) is 1. The van der Waals surface area contributed by atoms with Gasteiger partial charge in [-0.1, -0.05) is 0 Å². The lowest BCUT2D eigenvalue weighted by atomic mass is 10.0. The van der Waals surface area contributed by atoms with Gasteiger partial charge in [0.1, 0.15) is 5.75 Å². The molecule has 0 radical (unpaired) electrons. The second-order valence-corrected chi connectivity index (χ2v) is 5.36. The summed E-state index contributed by atoms with van der Waals surface area (Å²) >= 11 is 0. The first-order valence-electron chi connectivity index (χ1n) is 7.15. The van der Waals surface area contributed by atoms with E-state index in [2.05, 4.69) is 5.10 Å². The Hall–Kier alpha value is -2.81. The van der Waals surface area contributed by atoms with Gasteiger partial charge in [0.2, 0.25) is 0 Å². The van der Waals surface area contributed by atoms with Gasteiger partial charge in [0.05, 0.1) is 25.5 Å². The maximum absolute atomic E-state index is 13.4. The molecule has 132 valence electrons. The third-order valence-corrected chi connectivity index (χ3v) is 3.79. The molecule has 0 saturated heterocycles. The topological polar surface area (TPSA) is 75.3 Å². The zero-order valence-corrected chi connectivity index (χ0v) is 12.9. The lowest BCUT2D eigenvalue weighted by molar-refractivity contribution is -0.297. The first kappa shape index (κ1) is 17.0. The van der Waals surface area contributed by atoms with Gasteiger partial charge < -0.3 is 14.3 Å². The van der Waals surface area contributed by atoms with Gasteiger partial charge in [-0.2, -0.15) is 23.3 Å². The molecule has 0 bridgehead atoms. The molecule has 9 heteroatoms. The number of rotatable bonds is 3. The SMILES string of the molecule is COc1ccc(C2=NN(C(=O)c3ccco3)[C@](O)(C(F)(F)F)C2)cc1. The average molecular weight is 354 g/mol. The normalized spacial score (nSPS) is 20.5. The van der Waals surface area contributed by atoms with E-state index in [0.29, 0.717) is 11.3 Å². The van der Waals surface area contributed by atoms with Gasteiger partial charge in [-0.05, 0) is 42.0 Å². The summed E-state index contributed by atoms with van der Waals surface area (Å²) in [4.78, 5) is 12.3. The van der Waals surface area contributed by atoms with Crippen LogP contribution in [0.25, 0.3) is 0 Å². The van der Waals surface area contributed by atoms with Crippen molar-refractivity contribution in [1.29, 1.82) is 0 Å². The highest BCUT2D eigenvalue weighted by molar-refractivity contribution is 6.05. The number of halogens is 3. The molecule has 0 spiro atoms.